The zero-order valence-corrected chi connectivity index (χ0v) is 14.6. The van der Waals surface area contributed by atoms with Gasteiger partial charge in [-0.15, -0.1) is 22.7 Å². The lowest BCUT2D eigenvalue weighted by Crippen LogP contribution is -2.10. The summed E-state index contributed by atoms with van der Waals surface area (Å²) in [6.07, 6.45) is 0. The van der Waals surface area contributed by atoms with Crippen LogP contribution in [-0.2, 0) is 0 Å². The Balaban J connectivity index is 2.12. The molecule has 0 fully saturated rings. The van der Waals surface area contributed by atoms with Gasteiger partial charge in [0.2, 0.25) is 0 Å². The zero-order chi connectivity index (χ0) is 12.7. The van der Waals surface area contributed by atoms with Crippen molar-refractivity contribution in [2.24, 2.45) is 5.73 Å². The number of nitrogens with two attached hydrogens (primary N) is 1. The van der Waals surface area contributed by atoms with Gasteiger partial charge in [0.1, 0.15) is 0 Å². The number of hydrogen-bond donors (Lipinski definition) is 1. The molecule has 0 saturated carbocycles. The van der Waals surface area contributed by atoms with Gasteiger partial charge in [-0.25, -0.2) is 0 Å². The van der Waals surface area contributed by atoms with Gasteiger partial charge in [0.25, 0.3) is 0 Å². The lowest BCUT2D eigenvalue weighted by Gasteiger charge is -2.09. The van der Waals surface area contributed by atoms with E-state index in [1.807, 2.05) is 0 Å². The molecule has 0 spiro atoms. The molecule has 1 aromatic carbocycles. The summed E-state index contributed by atoms with van der Waals surface area (Å²) in [5.74, 6) is 0. The average Bonchev–Trinajstić information content (AvgIpc) is 2.95. The van der Waals surface area contributed by atoms with Gasteiger partial charge in [0, 0.05) is 9.17 Å². The van der Waals surface area contributed by atoms with Gasteiger partial charge in [-0.2, -0.15) is 0 Å². The van der Waals surface area contributed by atoms with Crippen LogP contribution in [0.5, 0.6) is 0 Å². The third kappa shape index (κ3) is 2.27. The summed E-state index contributed by atoms with van der Waals surface area (Å²) in [5, 5.41) is 5.57. The molecule has 3 aromatic rings. The van der Waals surface area contributed by atoms with E-state index in [-0.39, 0.29) is 6.04 Å². The van der Waals surface area contributed by atoms with Crippen LogP contribution >= 0.6 is 61.2 Å². The molecule has 0 radical (unpaired) electrons. The van der Waals surface area contributed by atoms with Crippen LogP contribution in [0.2, 0.25) is 0 Å². The van der Waals surface area contributed by atoms with Gasteiger partial charge in [0.05, 0.1) is 8.93 Å². The first-order chi connectivity index (χ1) is 8.66. The van der Waals surface area contributed by atoms with Crippen LogP contribution in [0.25, 0.3) is 10.1 Å². The second-order valence-corrected chi connectivity index (χ2v) is 8.51. The van der Waals surface area contributed by atoms with Crippen molar-refractivity contribution in [1.29, 1.82) is 0 Å². The Kier molecular flexibility index (Phi) is 3.77. The predicted octanol–water partition coefficient (Wildman–Crippen LogP) is 5.38. The number of thiophene rings is 2. The molecular formula is C13H9BrINS2. The summed E-state index contributed by atoms with van der Waals surface area (Å²) in [5.41, 5.74) is 8.80. The molecule has 0 amide bonds. The minimum atomic E-state index is -0.0344. The topological polar surface area (TPSA) is 26.0 Å². The van der Waals surface area contributed by atoms with Crippen molar-refractivity contribution in [3.63, 3.8) is 0 Å². The van der Waals surface area contributed by atoms with E-state index in [1.165, 1.54) is 24.1 Å². The molecule has 0 saturated heterocycles. The number of rotatable bonds is 2. The van der Waals surface area contributed by atoms with E-state index in [4.69, 9.17) is 5.73 Å². The summed E-state index contributed by atoms with van der Waals surface area (Å²) in [6.45, 7) is 0. The maximum atomic E-state index is 6.38. The van der Waals surface area contributed by atoms with Gasteiger partial charge in [-0.1, -0.05) is 12.1 Å². The number of halogens is 2. The maximum Gasteiger partial charge on any atom is 0.0656 e. The van der Waals surface area contributed by atoms with E-state index in [2.05, 4.69) is 73.5 Å². The van der Waals surface area contributed by atoms with Gasteiger partial charge in [0.15, 0.2) is 0 Å². The Hall–Kier alpha value is 0.0500. The SMILES string of the molecule is NC(c1csc(I)c1)c1csc2c(Br)cccc12. The Labute approximate surface area is 135 Å². The van der Waals surface area contributed by atoms with Crippen molar-refractivity contribution < 1.29 is 0 Å². The highest BCUT2D eigenvalue weighted by Gasteiger charge is 2.16. The van der Waals surface area contributed by atoms with Gasteiger partial charge in [-0.05, 0) is 77.9 Å². The Morgan fingerprint density at radius 2 is 2.06 bits per heavy atom. The number of hydrogen-bond acceptors (Lipinski definition) is 3. The molecule has 0 bridgehead atoms. The molecule has 0 aliphatic heterocycles. The molecule has 92 valence electrons. The Bertz CT molecular complexity index is 704. The van der Waals surface area contributed by atoms with Crippen LogP contribution in [0.4, 0.5) is 0 Å². The fourth-order valence-electron chi connectivity index (χ4n) is 1.95. The highest BCUT2D eigenvalue weighted by Crippen LogP contribution is 2.37. The van der Waals surface area contributed by atoms with Crippen molar-refractivity contribution >= 4 is 71.3 Å². The molecule has 1 unspecified atom stereocenters. The molecule has 1 atom stereocenters. The summed E-state index contributed by atoms with van der Waals surface area (Å²) in [6, 6.07) is 8.40. The summed E-state index contributed by atoms with van der Waals surface area (Å²) >= 11 is 9.41. The van der Waals surface area contributed by atoms with Gasteiger partial charge >= 0.3 is 0 Å². The van der Waals surface area contributed by atoms with E-state index in [9.17, 15) is 0 Å². The van der Waals surface area contributed by atoms with Crippen LogP contribution < -0.4 is 5.73 Å². The predicted molar refractivity (Wildman–Crippen MR) is 92.6 cm³/mol. The van der Waals surface area contributed by atoms with Crippen molar-refractivity contribution in [1.82, 2.24) is 0 Å². The highest BCUT2D eigenvalue weighted by atomic mass is 127. The minimum Gasteiger partial charge on any atom is -0.320 e. The quantitative estimate of drug-likeness (QED) is 0.522. The molecule has 1 nitrogen and oxygen atoms in total. The number of fused-ring (bicyclic) bond motifs is 1. The average molecular weight is 450 g/mol. The smallest absolute Gasteiger partial charge is 0.0656 e. The summed E-state index contributed by atoms with van der Waals surface area (Å²) < 4.78 is 3.69. The Morgan fingerprint density at radius 3 is 2.78 bits per heavy atom. The van der Waals surface area contributed by atoms with Crippen LogP contribution in [-0.4, -0.2) is 0 Å². The van der Waals surface area contributed by atoms with Crippen LogP contribution in [0, 0.1) is 2.88 Å². The molecular weight excluding hydrogens is 441 g/mol. The maximum absolute atomic E-state index is 6.38. The van der Waals surface area contributed by atoms with Crippen LogP contribution in [0.3, 0.4) is 0 Å². The normalized spacial score (nSPS) is 13.1. The second kappa shape index (κ2) is 5.20. The standard InChI is InChI=1S/C13H9BrINS2/c14-10-3-1-2-8-9(6-18-13(8)10)12(16)7-4-11(15)17-5-7/h1-6,12H,16H2. The largest absolute Gasteiger partial charge is 0.320 e. The van der Waals surface area contributed by atoms with E-state index >= 15 is 0 Å². The van der Waals surface area contributed by atoms with E-state index in [0.29, 0.717) is 0 Å². The van der Waals surface area contributed by atoms with Crippen LogP contribution in [0.15, 0.2) is 39.5 Å². The zero-order valence-electron chi connectivity index (χ0n) is 9.19. The van der Waals surface area contributed by atoms with E-state index < -0.39 is 0 Å². The molecule has 2 heterocycles. The van der Waals surface area contributed by atoms with E-state index in [1.54, 1.807) is 22.7 Å². The van der Waals surface area contributed by atoms with Gasteiger partial charge < -0.3 is 5.73 Å². The third-order valence-corrected chi connectivity index (χ3v) is 6.64. The van der Waals surface area contributed by atoms with Crippen molar-refractivity contribution in [3.8, 4) is 0 Å². The minimum absolute atomic E-state index is 0.0344. The lowest BCUT2D eigenvalue weighted by atomic mass is 10.0. The van der Waals surface area contributed by atoms with Crippen molar-refractivity contribution in [2.75, 3.05) is 0 Å². The molecule has 3 rings (SSSR count). The molecule has 18 heavy (non-hydrogen) atoms. The molecule has 0 aliphatic carbocycles. The first kappa shape index (κ1) is 13.1. The third-order valence-electron chi connectivity index (χ3n) is 2.86. The lowest BCUT2D eigenvalue weighted by molar-refractivity contribution is 0.890. The summed E-state index contributed by atoms with van der Waals surface area (Å²) in [4.78, 5) is 0. The second-order valence-electron chi connectivity index (χ2n) is 3.97. The number of benzene rings is 1. The fraction of sp³-hybridized carbons (Fsp3) is 0.0769. The first-order valence-corrected chi connectivity index (χ1v) is 8.95. The molecule has 2 N–H and O–H groups in total. The first-order valence-electron chi connectivity index (χ1n) is 5.32. The summed E-state index contributed by atoms with van der Waals surface area (Å²) in [7, 11) is 0. The molecule has 2 aromatic heterocycles. The molecule has 5 heteroatoms. The van der Waals surface area contributed by atoms with Crippen molar-refractivity contribution in [3.05, 3.63) is 53.5 Å². The Morgan fingerprint density at radius 1 is 1.22 bits per heavy atom. The fourth-order valence-corrected chi connectivity index (χ4v) is 5.02. The van der Waals surface area contributed by atoms with Crippen molar-refractivity contribution in [2.45, 2.75) is 6.04 Å². The van der Waals surface area contributed by atoms with E-state index in [0.717, 1.165) is 4.47 Å². The highest BCUT2D eigenvalue weighted by molar-refractivity contribution is 14.1. The van der Waals surface area contributed by atoms with Gasteiger partial charge in [-0.3, -0.25) is 0 Å². The molecule has 0 aliphatic rings. The van der Waals surface area contributed by atoms with Crippen LogP contribution in [0.1, 0.15) is 17.2 Å². The monoisotopic (exact) mass is 449 g/mol.